The minimum absolute atomic E-state index is 0.0280. The number of nitrogens with one attached hydrogen (secondary N) is 1. The topological polar surface area (TPSA) is 49.4 Å². The van der Waals surface area contributed by atoms with Crippen LogP contribution in [0.15, 0.2) is 22.7 Å². The maximum atomic E-state index is 12.8. The van der Waals surface area contributed by atoms with Gasteiger partial charge in [0.25, 0.3) is 0 Å². The summed E-state index contributed by atoms with van der Waals surface area (Å²) in [6, 6.07) is 5.45. The molecule has 1 N–H and O–H groups in total. The first-order valence-corrected chi connectivity index (χ1v) is 8.10. The van der Waals surface area contributed by atoms with Crippen molar-refractivity contribution in [2.75, 3.05) is 11.4 Å². The average molecular weight is 353 g/mol. The monoisotopic (exact) mass is 352 g/mol. The maximum absolute atomic E-state index is 12.8. The number of hydrogen-bond acceptors (Lipinski definition) is 2. The van der Waals surface area contributed by atoms with E-state index in [1.54, 1.807) is 4.90 Å². The van der Waals surface area contributed by atoms with E-state index in [0.29, 0.717) is 13.0 Å². The Morgan fingerprint density at radius 3 is 2.76 bits per heavy atom. The fourth-order valence-corrected chi connectivity index (χ4v) is 3.20. The molecule has 2 amide bonds. The van der Waals surface area contributed by atoms with Crippen molar-refractivity contribution in [3.8, 4) is 0 Å². The number of rotatable bonds is 3. The summed E-state index contributed by atoms with van der Waals surface area (Å²) in [5.74, 6) is 0.0328. The predicted octanol–water partition coefficient (Wildman–Crippen LogP) is 3.03. The molecule has 1 aromatic carbocycles. The smallest absolute Gasteiger partial charge is 0.249 e. The van der Waals surface area contributed by atoms with Crippen molar-refractivity contribution in [3.05, 3.63) is 28.2 Å². The zero-order chi connectivity index (χ0) is 15.6. The Balaban J connectivity index is 2.37. The lowest BCUT2D eigenvalue weighted by Crippen LogP contribution is -2.48. The lowest BCUT2D eigenvalue weighted by molar-refractivity contribution is -0.126. The van der Waals surface area contributed by atoms with Crippen LogP contribution in [-0.2, 0) is 9.59 Å². The Morgan fingerprint density at radius 2 is 2.14 bits per heavy atom. The van der Waals surface area contributed by atoms with Crippen molar-refractivity contribution < 1.29 is 9.59 Å². The molecular weight excluding hydrogens is 332 g/mol. The predicted molar refractivity (Wildman–Crippen MR) is 87.2 cm³/mol. The summed E-state index contributed by atoms with van der Waals surface area (Å²) in [7, 11) is 0. The summed E-state index contributed by atoms with van der Waals surface area (Å²) >= 11 is 3.53. The van der Waals surface area contributed by atoms with Gasteiger partial charge in [-0.1, -0.05) is 26.3 Å². The van der Waals surface area contributed by atoms with E-state index in [0.717, 1.165) is 22.1 Å². The molecule has 0 saturated carbocycles. The Labute approximate surface area is 134 Å². The van der Waals surface area contributed by atoms with Crippen LogP contribution in [0.1, 0.15) is 32.3 Å². The van der Waals surface area contributed by atoms with Crippen LogP contribution in [0.3, 0.4) is 0 Å². The van der Waals surface area contributed by atoms with Gasteiger partial charge in [0.2, 0.25) is 11.8 Å². The molecule has 0 aromatic heterocycles. The Morgan fingerprint density at radius 1 is 1.43 bits per heavy atom. The minimum atomic E-state index is -0.446. The summed E-state index contributed by atoms with van der Waals surface area (Å²) in [5.41, 5.74) is 1.95. The molecule has 21 heavy (non-hydrogen) atoms. The van der Waals surface area contributed by atoms with Gasteiger partial charge in [-0.15, -0.1) is 0 Å². The zero-order valence-corrected chi connectivity index (χ0v) is 14.2. The third-order valence-corrected chi connectivity index (χ3v) is 4.65. The average Bonchev–Trinajstić information content (AvgIpc) is 2.59. The number of benzene rings is 1. The van der Waals surface area contributed by atoms with E-state index in [-0.39, 0.29) is 17.7 Å². The third-order valence-electron chi connectivity index (χ3n) is 4.02. The van der Waals surface area contributed by atoms with Crippen LogP contribution in [0, 0.1) is 12.8 Å². The van der Waals surface area contributed by atoms with Crippen LogP contribution >= 0.6 is 15.9 Å². The van der Waals surface area contributed by atoms with Crippen molar-refractivity contribution in [3.63, 3.8) is 0 Å². The first kappa shape index (κ1) is 16.0. The second-order valence-electron chi connectivity index (χ2n) is 5.63. The van der Waals surface area contributed by atoms with E-state index in [4.69, 9.17) is 0 Å². The molecule has 5 heteroatoms. The van der Waals surface area contributed by atoms with Crippen molar-refractivity contribution >= 4 is 33.4 Å². The standard InChI is InChI=1S/C16H21BrN2O2/c1-4-11(3)15-16(21)19(8-7-14(20)18-15)13-6-5-10(2)9-12(13)17/h5-6,9,11,15H,4,7-8H2,1-3H3,(H,18,20). The number of carbonyl (C=O) groups is 2. The van der Waals surface area contributed by atoms with E-state index in [1.807, 2.05) is 39.0 Å². The molecule has 0 bridgehead atoms. The molecule has 1 heterocycles. The van der Waals surface area contributed by atoms with Crippen molar-refractivity contribution in [2.24, 2.45) is 5.92 Å². The van der Waals surface area contributed by atoms with E-state index < -0.39 is 6.04 Å². The van der Waals surface area contributed by atoms with Crippen LogP contribution in [0.5, 0.6) is 0 Å². The molecule has 114 valence electrons. The van der Waals surface area contributed by atoms with Gasteiger partial charge < -0.3 is 10.2 Å². The van der Waals surface area contributed by atoms with Crippen LogP contribution in [-0.4, -0.2) is 24.4 Å². The molecule has 1 saturated heterocycles. The number of halogens is 1. The number of hydrogen-bond donors (Lipinski definition) is 1. The number of amides is 2. The molecule has 1 aliphatic rings. The Hall–Kier alpha value is -1.36. The first-order chi connectivity index (χ1) is 9.93. The van der Waals surface area contributed by atoms with Crippen LogP contribution in [0.4, 0.5) is 5.69 Å². The highest BCUT2D eigenvalue weighted by molar-refractivity contribution is 9.10. The zero-order valence-electron chi connectivity index (χ0n) is 12.6. The van der Waals surface area contributed by atoms with Gasteiger partial charge >= 0.3 is 0 Å². The number of carbonyl (C=O) groups excluding carboxylic acids is 2. The molecule has 2 unspecified atom stereocenters. The largest absolute Gasteiger partial charge is 0.344 e. The fraction of sp³-hybridized carbons (Fsp3) is 0.500. The molecule has 0 spiro atoms. The molecule has 1 aromatic rings. The first-order valence-electron chi connectivity index (χ1n) is 7.31. The van der Waals surface area contributed by atoms with Crippen LogP contribution < -0.4 is 10.2 Å². The highest BCUT2D eigenvalue weighted by atomic mass is 79.9. The molecular formula is C16H21BrN2O2. The van der Waals surface area contributed by atoms with E-state index in [1.165, 1.54) is 0 Å². The number of anilines is 1. The molecule has 1 fully saturated rings. The second-order valence-corrected chi connectivity index (χ2v) is 6.48. The summed E-state index contributed by atoms with van der Waals surface area (Å²) < 4.78 is 0.883. The second kappa shape index (κ2) is 6.60. The van der Waals surface area contributed by atoms with Gasteiger partial charge in [0.15, 0.2) is 0 Å². The third kappa shape index (κ3) is 3.46. The van der Waals surface area contributed by atoms with Crippen molar-refractivity contribution in [1.82, 2.24) is 5.32 Å². The normalized spacial score (nSPS) is 21.0. The highest BCUT2D eigenvalue weighted by Gasteiger charge is 2.34. The van der Waals surface area contributed by atoms with Crippen molar-refractivity contribution in [1.29, 1.82) is 0 Å². The summed E-state index contributed by atoms with van der Waals surface area (Å²) in [5, 5.41) is 2.86. The number of aryl methyl sites for hydroxylation is 1. The quantitative estimate of drug-likeness (QED) is 0.908. The molecule has 0 aliphatic carbocycles. The minimum Gasteiger partial charge on any atom is -0.344 e. The van der Waals surface area contributed by atoms with Gasteiger partial charge in [-0.05, 0) is 46.5 Å². The van der Waals surface area contributed by atoms with Crippen LogP contribution in [0.2, 0.25) is 0 Å². The van der Waals surface area contributed by atoms with Gasteiger partial charge in [-0.25, -0.2) is 0 Å². The van der Waals surface area contributed by atoms with E-state index >= 15 is 0 Å². The molecule has 2 atom stereocenters. The molecule has 1 aliphatic heterocycles. The summed E-state index contributed by atoms with van der Waals surface area (Å²) in [4.78, 5) is 26.4. The van der Waals surface area contributed by atoms with Gasteiger partial charge in [-0.3, -0.25) is 9.59 Å². The van der Waals surface area contributed by atoms with Gasteiger partial charge in [-0.2, -0.15) is 0 Å². The van der Waals surface area contributed by atoms with Gasteiger partial charge in [0.05, 0.1) is 5.69 Å². The maximum Gasteiger partial charge on any atom is 0.249 e. The van der Waals surface area contributed by atoms with Gasteiger partial charge in [0, 0.05) is 17.4 Å². The van der Waals surface area contributed by atoms with E-state index in [2.05, 4.69) is 21.2 Å². The van der Waals surface area contributed by atoms with Gasteiger partial charge in [0.1, 0.15) is 6.04 Å². The van der Waals surface area contributed by atoms with E-state index in [9.17, 15) is 9.59 Å². The molecule has 2 rings (SSSR count). The fourth-order valence-electron chi connectivity index (χ4n) is 2.49. The summed E-state index contributed by atoms with van der Waals surface area (Å²) in [6.45, 7) is 6.45. The Kier molecular flexibility index (Phi) is 5.04. The lowest BCUT2D eigenvalue weighted by atomic mass is 9.98. The summed E-state index contributed by atoms with van der Waals surface area (Å²) in [6.07, 6.45) is 1.18. The van der Waals surface area contributed by atoms with Crippen LogP contribution in [0.25, 0.3) is 0 Å². The van der Waals surface area contributed by atoms with Crippen molar-refractivity contribution in [2.45, 2.75) is 39.7 Å². The SMILES string of the molecule is CCC(C)C1NC(=O)CCN(c2ccc(C)cc2Br)C1=O. The molecule has 0 radical (unpaired) electrons. The highest BCUT2D eigenvalue weighted by Crippen LogP contribution is 2.29. The molecule has 4 nitrogen and oxygen atoms in total. The lowest BCUT2D eigenvalue weighted by Gasteiger charge is -2.28. The Bertz CT molecular complexity index is 559. The number of nitrogens with zero attached hydrogens (tertiary/aromatic N) is 1.